The Morgan fingerprint density at radius 3 is 1.33 bits per heavy atom. The molecule has 0 saturated carbocycles. The Labute approximate surface area is 108 Å². The van der Waals surface area contributed by atoms with E-state index in [1.54, 1.807) is 0 Å². The first kappa shape index (κ1) is 16.9. The van der Waals surface area contributed by atoms with Crippen LogP contribution < -0.4 is 10.6 Å². The predicted octanol–water partition coefficient (Wildman–Crippen LogP) is -0.747. The lowest BCUT2D eigenvalue weighted by Crippen LogP contribution is -2.50. The van der Waals surface area contributed by atoms with E-state index in [2.05, 4.69) is 10.6 Å². The Kier molecular flexibility index (Phi) is 7.54. The monoisotopic (exact) mass is 260 g/mol. The third kappa shape index (κ3) is 6.56. The average Bonchev–Trinajstić information content (AvgIpc) is 2.30. The standard InChI is InChI=1S/C12H24N2O4/c1-7(2)5-13-11(17)9(15)10(16)12(18)14-6-8(3)4/h7-10,15-16H,5-6H2,1-4H3,(H,13,17)(H,14,18). The summed E-state index contributed by atoms with van der Waals surface area (Å²) in [5.74, 6) is -1.02. The normalized spacial score (nSPS) is 14.4. The van der Waals surface area contributed by atoms with Gasteiger partial charge in [-0.1, -0.05) is 27.7 Å². The summed E-state index contributed by atoms with van der Waals surface area (Å²) in [7, 11) is 0. The van der Waals surface area contributed by atoms with Gasteiger partial charge in [0.2, 0.25) is 0 Å². The van der Waals surface area contributed by atoms with E-state index in [-0.39, 0.29) is 11.8 Å². The van der Waals surface area contributed by atoms with Gasteiger partial charge in [-0.15, -0.1) is 0 Å². The van der Waals surface area contributed by atoms with Gasteiger partial charge in [0.15, 0.2) is 12.2 Å². The van der Waals surface area contributed by atoms with Gasteiger partial charge in [-0.25, -0.2) is 0 Å². The van der Waals surface area contributed by atoms with Gasteiger partial charge in [-0.05, 0) is 11.8 Å². The van der Waals surface area contributed by atoms with Crippen molar-refractivity contribution in [1.82, 2.24) is 10.6 Å². The van der Waals surface area contributed by atoms with Gasteiger partial charge in [0.1, 0.15) is 0 Å². The second-order valence-corrected chi connectivity index (χ2v) is 5.17. The number of carbonyl (C=O) groups excluding carboxylic acids is 2. The fourth-order valence-corrected chi connectivity index (χ4v) is 1.11. The van der Waals surface area contributed by atoms with Crippen LogP contribution in [-0.4, -0.2) is 47.3 Å². The smallest absolute Gasteiger partial charge is 0.252 e. The van der Waals surface area contributed by atoms with Crippen molar-refractivity contribution < 1.29 is 19.8 Å². The summed E-state index contributed by atoms with van der Waals surface area (Å²) < 4.78 is 0. The molecule has 106 valence electrons. The second kappa shape index (κ2) is 8.05. The summed E-state index contributed by atoms with van der Waals surface area (Å²) in [6, 6.07) is 0. The predicted molar refractivity (Wildman–Crippen MR) is 67.7 cm³/mol. The molecular formula is C12H24N2O4. The molecule has 0 aliphatic heterocycles. The zero-order valence-electron chi connectivity index (χ0n) is 11.4. The first-order valence-electron chi connectivity index (χ1n) is 6.17. The maximum atomic E-state index is 11.4. The minimum Gasteiger partial charge on any atom is -0.380 e. The molecule has 4 N–H and O–H groups in total. The molecule has 2 atom stereocenters. The van der Waals surface area contributed by atoms with Gasteiger partial charge in [0, 0.05) is 13.1 Å². The first-order chi connectivity index (χ1) is 8.25. The molecule has 0 radical (unpaired) electrons. The molecule has 0 aromatic heterocycles. The highest BCUT2D eigenvalue weighted by molar-refractivity contribution is 5.90. The Morgan fingerprint density at radius 1 is 0.833 bits per heavy atom. The molecular weight excluding hydrogens is 236 g/mol. The Morgan fingerprint density at radius 2 is 1.11 bits per heavy atom. The molecule has 0 fully saturated rings. The summed E-state index contributed by atoms with van der Waals surface area (Å²) in [4.78, 5) is 22.9. The Hall–Kier alpha value is -1.14. The van der Waals surface area contributed by atoms with Crippen LogP contribution in [0.5, 0.6) is 0 Å². The highest BCUT2D eigenvalue weighted by Crippen LogP contribution is 1.97. The molecule has 0 aromatic carbocycles. The van der Waals surface area contributed by atoms with Crippen molar-refractivity contribution in [2.75, 3.05) is 13.1 Å². The molecule has 2 unspecified atom stereocenters. The number of carbonyl (C=O) groups is 2. The quantitative estimate of drug-likeness (QED) is 0.484. The number of hydrogen-bond acceptors (Lipinski definition) is 4. The van der Waals surface area contributed by atoms with E-state index < -0.39 is 24.0 Å². The summed E-state index contributed by atoms with van der Waals surface area (Å²) in [6.45, 7) is 8.38. The van der Waals surface area contributed by atoms with Crippen LogP contribution >= 0.6 is 0 Å². The van der Waals surface area contributed by atoms with Crippen LogP contribution in [0, 0.1) is 11.8 Å². The third-order valence-corrected chi connectivity index (χ3v) is 2.21. The van der Waals surface area contributed by atoms with E-state index in [9.17, 15) is 19.8 Å². The molecule has 0 aromatic rings. The molecule has 2 amide bonds. The first-order valence-corrected chi connectivity index (χ1v) is 6.17. The van der Waals surface area contributed by atoms with E-state index in [0.717, 1.165) is 0 Å². The van der Waals surface area contributed by atoms with Crippen LogP contribution in [0.2, 0.25) is 0 Å². The molecule has 0 heterocycles. The van der Waals surface area contributed by atoms with Crippen LogP contribution in [-0.2, 0) is 9.59 Å². The van der Waals surface area contributed by atoms with Crippen molar-refractivity contribution in [2.24, 2.45) is 11.8 Å². The zero-order valence-corrected chi connectivity index (χ0v) is 11.4. The van der Waals surface area contributed by atoms with Gasteiger partial charge in [0.25, 0.3) is 11.8 Å². The number of hydrogen-bond donors (Lipinski definition) is 4. The fourth-order valence-electron chi connectivity index (χ4n) is 1.11. The highest BCUT2D eigenvalue weighted by Gasteiger charge is 2.29. The highest BCUT2D eigenvalue weighted by atomic mass is 16.3. The van der Waals surface area contributed by atoms with Crippen molar-refractivity contribution in [1.29, 1.82) is 0 Å². The van der Waals surface area contributed by atoms with E-state index in [1.807, 2.05) is 27.7 Å². The Balaban J connectivity index is 4.18. The van der Waals surface area contributed by atoms with Gasteiger partial charge in [-0.3, -0.25) is 9.59 Å². The van der Waals surface area contributed by atoms with Crippen molar-refractivity contribution >= 4 is 11.8 Å². The van der Waals surface area contributed by atoms with E-state index in [1.165, 1.54) is 0 Å². The van der Waals surface area contributed by atoms with Gasteiger partial charge in [-0.2, -0.15) is 0 Å². The fraction of sp³-hybridized carbons (Fsp3) is 0.833. The van der Waals surface area contributed by atoms with Crippen LogP contribution in [0.15, 0.2) is 0 Å². The molecule has 6 heteroatoms. The number of rotatable bonds is 7. The van der Waals surface area contributed by atoms with Crippen LogP contribution in [0.4, 0.5) is 0 Å². The van der Waals surface area contributed by atoms with Crippen LogP contribution in [0.3, 0.4) is 0 Å². The molecule has 0 aliphatic carbocycles. The summed E-state index contributed by atoms with van der Waals surface area (Å²) >= 11 is 0. The SMILES string of the molecule is CC(C)CNC(=O)C(O)C(O)C(=O)NCC(C)C. The summed E-state index contributed by atoms with van der Waals surface area (Å²) in [6.07, 6.45) is -3.48. The lowest BCUT2D eigenvalue weighted by molar-refractivity contribution is -0.146. The van der Waals surface area contributed by atoms with E-state index in [4.69, 9.17) is 0 Å². The van der Waals surface area contributed by atoms with E-state index >= 15 is 0 Å². The number of nitrogens with one attached hydrogen (secondary N) is 2. The van der Waals surface area contributed by atoms with Crippen molar-refractivity contribution in [3.63, 3.8) is 0 Å². The van der Waals surface area contributed by atoms with Crippen molar-refractivity contribution in [3.05, 3.63) is 0 Å². The maximum absolute atomic E-state index is 11.4. The molecule has 18 heavy (non-hydrogen) atoms. The Bertz CT molecular complexity index is 251. The van der Waals surface area contributed by atoms with Crippen molar-refractivity contribution in [3.8, 4) is 0 Å². The van der Waals surface area contributed by atoms with E-state index in [0.29, 0.717) is 13.1 Å². The minimum absolute atomic E-state index is 0.230. The average molecular weight is 260 g/mol. The van der Waals surface area contributed by atoms with Crippen molar-refractivity contribution in [2.45, 2.75) is 39.9 Å². The second-order valence-electron chi connectivity index (χ2n) is 5.17. The van der Waals surface area contributed by atoms with Gasteiger partial charge < -0.3 is 20.8 Å². The molecule has 0 saturated heterocycles. The number of aliphatic hydroxyl groups is 2. The number of aliphatic hydroxyl groups excluding tert-OH is 2. The molecule has 6 nitrogen and oxygen atoms in total. The van der Waals surface area contributed by atoms with Gasteiger partial charge >= 0.3 is 0 Å². The van der Waals surface area contributed by atoms with Crippen LogP contribution in [0.1, 0.15) is 27.7 Å². The maximum Gasteiger partial charge on any atom is 0.252 e. The molecule has 0 aliphatic rings. The van der Waals surface area contributed by atoms with Gasteiger partial charge in [0.05, 0.1) is 0 Å². The topological polar surface area (TPSA) is 98.7 Å². The third-order valence-electron chi connectivity index (χ3n) is 2.21. The molecule has 0 bridgehead atoms. The lowest BCUT2D eigenvalue weighted by atomic mass is 10.1. The van der Waals surface area contributed by atoms with Crippen LogP contribution in [0.25, 0.3) is 0 Å². The largest absolute Gasteiger partial charge is 0.380 e. The lowest BCUT2D eigenvalue weighted by Gasteiger charge is -2.18. The molecule has 0 spiro atoms. The minimum atomic E-state index is -1.74. The molecule has 0 rings (SSSR count). The summed E-state index contributed by atoms with van der Waals surface area (Å²) in [5.41, 5.74) is 0. The number of amides is 2. The zero-order chi connectivity index (χ0) is 14.3. The summed E-state index contributed by atoms with van der Waals surface area (Å²) in [5, 5.41) is 23.9.